The zero-order valence-electron chi connectivity index (χ0n) is 16.8. The minimum atomic E-state index is -0.104. The number of rotatable bonds is 3. The number of hydrogen-bond acceptors (Lipinski definition) is 5. The Hall–Kier alpha value is -2.45. The Morgan fingerprint density at radius 2 is 1.70 bits per heavy atom. The SMILES string of the molecule is Cc1ccc(C(=O)N2CCN(C(=O)c3c(-n4cccc4)sc4c3CCSC4)CC2)o1. The Labute approximate surface area is 183 Å². The number of carbonyl (C=O) groups is 2. The largest absolute Gasteiger partial charge is 0.456 e. The van der Waals surface area contributed by atoms with Gasteiger partial charge in [0, 0.05) is 49.2 Å². The second-order valence-corrected chi connectivity index (χ2v) is 9.76. The molecule has 3 aromatic heterocycles. The highest BCUT2D eigenvalue weighted by molar-refractivity contribution is 7.98. The van der Waals surface area contributed by atoms with Crippen LogP contribution in [0.3, 0.4) is 0 Å². The van der Waals surface area contributed by atoms with E-state index in [0.717, 1.165) is 34.3 Å². The van der Waals surface area contributed by atoms with Crippen LogP contribution in [0.15, 0.2) is 41.1 Å². The molecule has 1 saturated heterocycles. The highest BCUT2D eigenvalue weighted by atomic mass is 32.2. The van der Waals surface area contributed by atoms with E-state index in [1.807, 2.05) is 48.1 Å². The lowest BCUT2D eigenvalue weighted by Crippen LogP contribution is -2.50. The number of nitrogens with zero attached hydrogens (tertiary/aromatic N) is 3. The monoisotopic (exact) mass is 441 g/mol. The fourth-order valence-corrected chi connectivity index (χ4v) is 6.50. The van der Waals surface area contributed by atoms with Gasteiger partial charge in [0.25, 0.3) is 11.8 Å². The summed E-state index contributed by atoms with van der Waals surface area (Å²) < 4.78 is 7.53. The zero-order chi connectivity index (χ0) is 20.7. The molecular weight excluding hydrogens is 418 g/mol. The Balaban J connectivity index is 1.36. The molecule has 0 unspecified atom stereocenters. The first-order valence-electron chi connectivity index (χ1n) is 10.1. The van der Waals surface area contributed by atoms with Crippen LogP contribution in [-0.4, -0.2) is 58.1 Å². The second-order valence-electron chi connectivity index (χ2n) is 7.57. The maximum atomic E-state index is 13.6. The molecule has 0 spiro atoms. The van der Waals surface area contributed by atoms with Gasteiger partial charge in [-0.15, -0.1) is 11.3 Å². The number of furan rings is 1. The summed E-state index contributed by atoms with van der Waals surface area (Å²) in [6.07, 6.45) is 4.95. The Kier molecular flexibility index (Phi) is 5.20. The first-order valence-corrected chi connectivity index (χ1v) is 12.1. The van der Waals surface area contributed by atoms with Gasteiger partial charge in [0.05, 0.1) is 5.56 Å². The van der Waals surface area contributed by atoms with Gasteiger partial charge in [0.1, 0.15) is 10.8 Å². The highest BCUT2D eigenvalue weighted by Crippen LogP contribution is 2.39. The van der Waals surface area contributed by atoms with Crippen molar-refractivity contribution >= 4 is 34.9 Å². The molecule has 8 heteroatoms. The van der Waals surface area contributed by atoms with Crippen LogP contribution < -0.4 is 0 Å². The van der Waals surface area contributed by atoms with Crippen LogP contribution >= 0.6 is 23.1 Å². The van der Waals surface area contributed by atoms with Crippen LogP contribution in [-0.2, 0) is 12.2 Å². The first kappa shape index (κ1) is 19.5. The molecule has 5 heterocycles. The maximum Gasteiger partial charge on any atom is 0.289 e. The average Bonchev–Trinajstić information content (AvgIpc) is 3.52. The van der Waals surface area contributed by atoms with Gasteiger partial charge in [-0.05, 0) is 48.9 Å². The summed E-state index contributed by atoms with van der Waals surface area (Å²) in [5, 5.41) is 1.02. The van der Waals surface area contributed by atoms with Gasteiger partial charge in [-0.1, -0.05) is 0 Å². The molecule has 0 aliphatic carbocycles. The number of thioether (sulfide) groups is 1. The summed E-state index contributed by atoms with van der Waals surface area (Å²) in [4.78, 5) is 31.2. The number of carbonyl (C=O) groups excluding carboxylic acids is 2. The number of thiophene rings is 1. The van der Waals surface area contributed by atoms with E-state index in [-0.39, 0.29) is 11.8 Å². The van der Waals surface area contributed by atoms with Crippen LogP contribution in [0.4, 0.5) is 0 Å². The smallest absolute Gasteiger partial charge is 0.289 e. The molecule has 2 aliphatic heterocycles. The first-order chi connectivity index (χ1) is 14.6. The van der Waals surface area contributed by atoms with E-state index in [4.69, 9.17) is 4.42 Å². The maximum absolute atomic E-state index is 13.6. The lowest BCUT2D eigenvalue weighted by Gasteiger charge is -2.34. The molecule has 0 radical (unpaired) electrons. The third-order valence-electron chi connectivity index (χ3n) is 5.66. The number of aromatic nitrogens is 1. The topological polar surface area (TPSA) is 58.7 Å². The van der Waals surface area contributed by atoms with Crippen molar-refractivity contribution in [1.29, 1.82) is 0 Å². The molecule has 0 atom stereocenters. The number of piperazine rings is 1. The zero-order valence-corrected chi connectivity index (χ0v) is 18.4. The molecule has 0 bridgehead atoms. The second kappa shape index (κ2) is 8.00. The summed E-state index contributed by atoms with van der Waals surface area (Å²) in [5.41, 5.74) is 2.07. The van der Waals surface area contributed by atoms with Gasteiger partial charge in [-0.3, -0.25) is 9.59 Å². The van der Waals surface area contributed by atoms with Gasteiger partial charge >= 0.3 is 0 Å². The van der Waals surface area contributed by atoms with E-state index in [1.54, 1.807) is 28.4 Å². The third kappa shape index (κ3) is 3.48. The molecule has 2 amide bonds. The molecule has 30 heavy (non-hydrogen) atoms. The van der Waals surface area contributed by atoms with Gasteiger partial charge in [0.15, 0.2) is 5.76 Å². The summed E-state index contributed by atoms with van der Waals surface area (Å²) in [5.74, 6) is 3.11. The fraction of sp³-hybridized carbons (Fsp3) is 0.364. The Morgan fingerprint density at radius 1 is 1.00 bits per heavy atom. The van der Waals surface area contributed by atoms with Crippen molar-refractivity contribution in [1.82, 2.24) is 14.4 Å². The molecular formula is C22H23N3O3S2. The molecule has 156 valence electrons. The predicted octanol–water partition coefficient (Wildman–Crippen LogP) is 3.83. The summed E-state index contributed by atoms with van der Waals surface area (Å²) in [6.45, 7) is 3.94. The predicted molar refractivity (Wildman–Crippen MR) is 119 cm³/mol. The van der Waals surface area contributed by atoms with Gasteiger partial charge in [-0.2, -0.15) is 11.8 Å². The van der Waals surface area contributed by atoms with Crippen LogP contribution in [0.5, 0.6) is 0 Å². The molecule has 6 nitrogen and oxygen atoms in total. The van der Waals surface area contributed by atoms with Crippen molar-refractivity contribution < 1.29 is 14.0 Å². The van der Waals surface area contributed by atoms with Crippen LogP contribution in [0.1, 0.15) is 37.1 Å². The number of hydrogen-bond donors (Lipinski definition) is 0. The van der Waals surface area contributed by atoms with Crippen LogP contribution in [0.25, 0.3) is 5.00 Å². The Bertz CT molecular complexity index is 1080. The summed E-state index contributed by atoms with van der Waals surface area (Å²) in [6, 6.07) is 7.49. The minimum Gasteiger partial charge on any atom is -0.456 e. The lowest BCUT2D eigenvalue weighted by atomic mass is 10.1. The van der Waals surface area contributed by atoms with E-state index >= 15 is 0 Å². The van der Waals surface area contributed by atoms with E-state index in [2.05, 4.69) is 4.57 Å². The quantitative estimate of drug-likeness (QED) is 0.620. The molecule has 0 aromatic carbocycles. The summed E-state index contributed by atoms with van der Waals surface area (Å²) in [7, 11) is 0. The van der Waals surface area contributed by atoms with E-state index < -0.39 is 0 Å². The molecule has 0 N–H and O–H groups in total. The molecule has 2 aliphatic rings. The molecule has 3 aromatic rings. The molecule has 5 rings (SSSR count). The van der Waals surface area contributed by atoms with Gasteiger partial charge in [-0.25, -0.2) is 0 Å². The minimum absolute atomic E-state index is 0.0871. The number of amides is 2. The van der Waals surface area contributed by atoms with E-state index in [0.29, 0.717) is 31.9 Å². The van der Waals surface area contributed by atoms with E-state index in [1.165, 1.54) is 10.4 Å². The number of fused-ring (bicyclic) bond motifs is 1. The highest BCUT2D eigenvalue weighted by Gasteiger charge is 2.32. The standard InChI is InChI=1S/C22H23N3O3S2/c1-15-4-5-17(28-15)20(26)23-9-11-24(12-10-23)21(27)19-16-6-13-29-14-18(16)30-22(19)25-7-2-3-8-25/h2-5,7-8H,6,9-14H2,1H3. The van der Waals surface area contributed by atoms with Crippen LogP contribution in [0.2, 0.25) is 0 Å². The van der Waals surface area contributed by atoms with Crippen molar-refractivity contribution in [2.75, 3.05) is 31.9 Å². The fourth-order valence-electron chi connectivity index (χ4n) is 4.07. The van der Waals surface area contributed by atoms with Gasteiger partial charge < -0.3 is 18.8 Å². The molecule has 0 saturated carbocycles. The lowest BCUT2D eigenvalue weighted by molar-refractivity contribution is 0.0517. The Morgan fingerprint density at radius 3 is 2.37 bits per heavy atom. The summed E-state index contributed by atoms with van der Waals surface area (Å²) >= 11 is 3.67. The van der Waals surface area contributed by atoms with E-state index in [9.17, 15) is 9.59 Å². The van der Waals surface area contributed by atoms with Crippen molar-refractivity contribution in [3.05, 3.63) is 64.2 Å². The third-order valence-corrected chi connectivity index (χ3v) is 8.07. The van der Waals surface area contributed by atoms with Crippen molar-refractivity contribution in [2.45, 2.75) is 19.1 Å². The van der Waals surface area contributed by atoms with Crippen LogP contribution in [0, 0.1) is 6.92 Å². The molecule has 1 fully saturated rings. The van der Waals surface area contributed by atoms with Crippen molar-refractivity contribution in [2.24, 2.45) is 0 Å². The van der Waals surface area contributed by atoms with Crippen molar-refractivity contribution in [3.8, 4) is 5.00 Å². The number of aryl methyl sites for hydroxylation is 1. The van der Waals surface area contributed by atoms with Gasteiger partial charge in [0.2, 0.25) is 0 Å². The van der Waals surface area contributed by atoms with Crippen molar-refractivity contribution in [3.63, 3.8) is 0 Å². The normalized spacial score (nSPS) is 16.6. The average molecular weight is 442 g/mol.